The molecule has 0 aliphatic heterocycles. The van der Waals surface area contributed by atoms with E-state index in [1.54, 1.807) is 26.0 Å². The number of nitrogens with zero attached hydrogens (tertiary/aromatic N) is 2. The van der Waals surface area contributed by atoms with E-state index >= 15 is 0 Å². The highest BCUT2D eigenvalue weighted by Gasteiger charge is 2.18. The summed E-state index contributed by atoms with van der Waals surface area (Å²) in [6, 6.07) is 4.86. The third-order valence-corrected chi connectivity index (χ3v) is 2.96. The molecule has 0 aromatic heterocycles. The van der Waals surface area contributed by atoms with Gasteiger partial charge in [-0.05, 0) is 38.9 Å². The standard InChI is InChI=1S/C15H25N3O3/c1-5-8-16-14-7-6-13(18(20)21)9-12(14)10-17(4)11-15(2,3)19/h6-7,9,16,19H,5,8,10-11H2,1-4H3. The zero-order valence-corrected chi connectivity index (χ0v) is 13.2. The van der Waals surface area contributed by atoms with Gasteiger partial charge in [0.2, 0.25) is 0 Å². The van der Waals surface area contributed by atoms with E-state index in [1.165, 1.54) is 6.07 Å². The minimum absolute atomic E-state index is 0.0868. The summed E-state index contributed by atoms with van der Waals surface area (Å²) in [6.45, 7) is 7.40. The number of anilines is 1. The van der Waals surface area contributed by atoms with Crippen molar-refractivity contribution < 1.29 is 10.0 Å². The van der Waals surface area contributed by atoms with E-state index in [1.807, 2.05) is 11.9 Å². The van der Waals surface area contributed by atoms with Crippen LogP contribution in [-0.2, 0) is 6.54 Å². The summed E-state index contributed by atoms with van der Waals surface area (Å²) in [5.74, 6) is 0. The maximum Gasteiger partial charge on any atom is 0.269 e. The lowest BCUT2D eigenvalue weighted by molar-refractivity contribution is -0.384. The van der Waals surface area contributed by atoms with Gasteiger partial charge in [0.05, 0.1) is 10.5 Å². The second-order valence-corrected chi connectivity index (χ2v) is 6.01. The third-order valence-electron chi connectivity index (χ3n) is 2.96. The minimum atomic E-state index is -0.799. The molecule has 2 N–H and O–H groups in total. The number of hydrogen-bond donors (Lipinski definition) is 2. The fraction of sp³-hybridized carbons (Fsp3) is 0.600. The van der Waals surface area contributed by atoms with Gasteiger partial charge in [0, 0.05) is 37.5 Å². The van der Waals surface area contributed by atoms with Crippen LogP contribution < -0.4 is 5.32 Å². The summed E-state index contributed by atoms with van der Waals surface area (Å²) in [5.41, 5.74) is 1.06. The molecule has 0 saturated carbocycles. The monoisotopic (exact) mass is 295 g/mol. The van der Waals surface area contributed by atoms with Crippen molar-refractivity contribution in [3.05, 3.63) is 33.9 Å². The number of likely N-dealkylation sites (N-methyl/N-ethyl adjacent to an activating group) is 1. The molecule has 0 fully saturated rings. The van der Waals surface area contributed by atoms with Crippen molar-refractivity contribution in [3.63, 3.8) is 0 Å². The number of nitro groups is 1. The normalized spacial score (nSPS) is 11.7. The Kier molecular flexibility index (Phi) is 6.11. The van der Waals surface area contributed by atoms with E-state index in [0.717, 1.165) is 24.2 Å². The number of aliphatic hydroxyl groups is 1. The third kappa shape index (κ3) is 6.10. The average Bonchev–Trinajstić information content (AvgIpc) is 2.34. The number of nitrogens with one attached hydrogen (secondary N) is 1. The largest absolute Gasteiger partial charge is 0.389 e. The molecule has 118 valence electrons. The smallest absolute Gasteiger partial charge is 0.269 e. The molecule has 0 spiro atoms. The highest BCUT2D eigenvalue weighted by Crippen LogP contribution is 2.24. The predicted octanol–water partition coefficient (Wildman–Crippen LogP) is 2.62. The summed E-state index contributed by atoms with van der Waals surface area (Å²) in [6.07, 6.45) is 0.982. The molecule has 0 atom stereocenters. The second kappa shape index (κ2) is 7.38. The highest BCUT2D eigenvalue weighted by atomic mass is 16.6. The fourth-order valence-electron chi connectivity index (χ4n) is 2.26. The Morgan fingerprint density at radius 2 is 2.10 bits per heavy atom. The number of non-ortho nitro benzene ring substituents is 1. The Morgan fingerprint density at radius 3 is 2.62 bits per heavy atom. The lowest BCUT2D eigenvalue weighted by Gasteiger charge is -2.26. The van der Waals surface area contributed by atoms with Gasteiger partial charge in [-0.25, -0.2) is 0 Å². The van der Waals surface area contributed by atoms with Crippen molar-refractivity contribution in [1.29, 1.82) is 0 Å². The molecular formula is C15H25N3O3. The first-order valence-corrected chi connectivity index (χ1v) is 7.15. The predicted molar refractivity (Wildman–Crippen MR) is 84.5 cm³/mol. The fourth-order valence-corrected chi connectivity index (χ4v) is 2.26. The van der Waals surface area contributed by atoms with Gasteiger partial charge in [-0.2, -0.15) is 0 Å². The molecule has 0 radical (unpaired) electrons. The lowest BCUT2D eigenvalue weighted by atomic mass is 10.1. The molecule has 1 rings (SSSR count). The Bertz CT molecular complexity index is 484. The number of rotatable bonds is 8. The summed E-state index contributed by atoms with van der Waals surface area (Å²) in [7, 11) is 1.89. The van der Waals surface area contributed by atoms with Gasteiger partial charge in [0.15, 0.2) is 0 Å². The van der Waals surface area contributed by atoms with Gasteiger partial charge in [-0.15, -0.1) is 0 Å². The summed E-state index contributed by atoms with van der Waals surface area (Å²) < 4.78 is 0. The van der Waals surface area contributed by atoms with Crippen LogP contribution in [-0.4, -0.2) is 40.7 Å². The van der Waals surface area contributed by atoms with Crippen molar-refractivity contribution in [1.82, 2.24) is 4.90 Å². The van der Waals surface area contributed by atoms with Crippen LogP contribution >= 0.6 is 0 Å². The van der Waals surface area contributed by atoms with Crippen LogP contribution in [0.2, 0.25) is 0 Å². The first-order valence-electron chi connectivity index (χ1n) is 7.15. The van der Waals surface area contributed by atoms with Gasteiger partial charge in [-0.1, -0.05) is 6.92 Å². The highest BCUT2D eigenvalue weighted by molar-refractivity contribution is 5.56. The van der Waals surface area contributed by atoms with E-state index in [2.05, 4.69) is 12.2 Å². The topological polar surface area (TPSA) is 78.6 Å². The Morgan fingerprint density at radius 1 is 1.43 bits per heavy atom. The number of benzene rings is 1. The minimum Gasteiger partial charge on any atom is -0.389 e. The van der Waals surface area contributed by atoms with Crippen molar-refractivity contribution in [3.8, 4) is 0 Å². The SMILES string of the molecule is CCCNc1ccc([N+](=O)[O-])cc1CN(C)CC(C)(C)O. The van der Waals surface area contributed by atoms with Crippen LogP contribution in [0.4, 0.5) is 11.4 Å². The number of hydrogen-bond acceptors (Lipinski definition) is 5. The molecule has 0 bridgehead atoms. The van der Waals surface area contributed by atoms with E-state index in [9.17, 15) is 15.2 Å². The van der Waals surface area contributed by atoms with Crippen LogP contribution in [0.1, 0.15) is 32.8 Å². The van der Waals surface area contributed by atoms with Crippen molar-refractivity contribution >= 4 is 11.4 Å². The maximum absolute atomic E-state index is 10.9. The molecule has 0 amide bonds. The summed E-state index contributed by atoms with van der Waals surface area (Å²) >= 11 is 0. The Hall–Kier alpha value is -1.66. The molecule has 0 heterocycles. The van der Waals surface area contributed by atoms with Gasteiger partial charge < -0.3 is 10.4 Å². The average molecular weight is 295 g/mol. The van der Waals surface area contributed by atoms with Gasteiger partial charge >= 0.3 is 0 Å². The molecule has 6 heteroatoms. The molecule has 0 saturated heterocycles. The molecule has 0 unspecified atom stereocenters. The van der Waals surface area contributed by atoms with Gasteiger partial charge in [-0.3, -0.25) is 15.0 Å². The van der Waals surface area contributed by atoms with E-state index in [-0.39, 0.29) is 10.6 Å². The Balaban J connectivity index is 2.94. The molecule has 21 heavy (non-hydrogen) atoms. The van der Waals surface area contributed by atoms with E-state index in [0.29, 0.717) is 13.1 Å². The zero-order valence-electron chi connectivity index (χ0n) is 13.2. The molecular weight excluding hydrogens is 270 g/mol. The first kappa shape index (κ1) is 17.4. The summed E-state index contributed by atoms with van der Waals surface area (Å²) in [4.78, 5) is 12.5. The molecule has 0 aliphatic rings. The van der Waals surface area contributed by atoms with Crippen LogP contribution in [0, 0.1) is 10.1 Å². The summed E-state index contributed by atoms with van der Waals surface area (Å²) in [5, 5.41) is 24.1. The molecule has 1 aromatic rings. The van der Waals surface area contributed by atoms with Crippen molar-refractivity contribution in [2.45, 2.75) is 39.3 Å². The quantitative estimate of drug-likeness (QED) is 0.569. The lowest BCUT2D eigenvalue weighted by Crippen LogP contribution is -2.36. The molecule has 6 nitrogen and oxygen atoms in total. The first-order chi connectivity index (χ1) is 9.73. The van der Waals surface area contributed by atoms with Gasteiger partial charge in [0.25, 0.3) is 5.69 Å². The van der Waals surface area contributed by atoms with Crippen LogP contribution in [0.3, 0.4) is 0 Å². The zero-order chi connectivity index (χ0) is 16.0. The van der Waals surface area contributed by atoms with Crippen molar-refractivity contribution in [2.75, 3.05) is 25.5 Å². The van der Waals surface area contributed by atoms with Gasteiger partial charge in [0.1, 0.15) is 0 Å². The number of nitro benzene ring substituents is 1. The molecule has 0 aliphatic carbocycles. The van der Waals surface area contributed by atoms with Crippen LogP contribution in [0.25, 0.3) is 0 Å². The van der Waals surface area contributed by atoms with Crippen molar-refractivity contribution in [2.24, 2.45) is 0 Å². The second-order valence-electron chi connectivity index (χ2n) is 6.01. The molecule has 1 aromatic carbocycles. The maximum atomic E-state index is 10.9. The van der Waals surface area contributed by atoms with E-state index in [4.69, 9.17) is 0 Å². The van der Waals surface area contributed by atoms with E-state index < -0.39 is 5.60 Å². The van der Waals surface area contributed by atoms with Crippen LogP contribution in [0.15, 0.2) is 18.2 Å². The van der Waals surface area contributed by atoms with Crippen LogP contribution in [0.5, 0.6) is 0 Å². The Labute approximate surface area is 125 Å².